The van der Waals surface area contributed by atoms with E-state index in [9.17, 15) is 4.79 Å². The molecule has 2 aromatic heterocycles. The molecule has 1 aliphatic carbocycles. The number of hydrogen-bond acceptors (Lipinski definition) is 4. The molecule has 0 bridgehead atoms. The van der Waals surface area contributed by atoms with Crippen LogP contribution in [0.4, 0.5) is 0 Å². The van der Waals surface area contributed by atoms with Gasteiger partial charge in [-0.15, -0.1) is 22.7 Å². The van der Waals surface area contributed by atoms with E-state index < -0.39 is 0 Å². The minimum absolute atomic E-state index is 0.0323. The third-order valence-corrected chi connectivity index (χ3v) is 5.85. The van der Waals surface area contributed by atoms with Gasteiger partial charge in [0.05, 0.1) is 11.1 Å². The van der Waals surface area contributed by atoms with E-state index in [0.717, 1.165) is 28.6 Å². The first-order valence-corrected chi connectivity index (χ1v) is 8.72. The average Bonchev–Trinajstić information content (AvgIpc) is 3.11. The van der Waals surface area contributed by atoms with Gasteiger partial charge in [0.25, 0.3) is 5.91 Å². The van der Waals surface area contributed by atoms with Crippen molar-refractivity contribution in [2.45, 2.75) is 38.6 Å². The van der Waals surface area contributed by atoms with Gasteiger partial charge >= 0.3 is 0 Å². The van der Waals surface area contributed by atoms with Crippen LogP contribution in [0.5, 0.6) is 0 Å². The highest BCUT2D eigenvalue weighted by Crippen LogP contribution is 2.29. The van der Waals surface area contributed by atoms with Crippen molar-refractivity contribution in [2.75, 3.05) is 0 Å². The van der Waals surface area contributed by atoms with Gasteiger partial charge in [-0.25, -0.2) is 4.98 Å². The average molecular weight is 306 g/mol. The first-order chi connectivity index (χ1) is 9.72. The van der Waals surface area contributed by atoms with Crippen molar-refractivity contribution in [1.29, 1.82) is 0 Å². The fraction of sp³-hybridized carbons (Fsp3) is 0.467. The van der Waals surface area contributed by atoms with E-state index in [-0.39, 0.29) is 5.91 Å². The summed E-state index contributed by atoms with van der Waals surface area (Å²) in [6.07, 6.45) is 6.33. The van der Waals surface area contributed by atoms with Gasteiger partial charge in [0, 0.05) is 6.04 Å². The molecule has 2 aromatic rings. The van der Waals surface area contributed by atoms with Crippen LogP contribution in [0.3, 0.4) is 0 Å². The number of carbonyl (C=O) groups excluding carboxylic acids is 1. The van der Waals surface area contributed by atoms with Crippen LogP contribution >= 0.6 is 22.7 Å². The van der Waals surface area contributed by atoms with E-state index in [0.29, 0.717) is 10.9 Å². The standard InChI is InChI=1S/C15H18N2OS2/c1-10-4-6-11(7-5-10)17-14(18)13-9-16-15(20-13)12-3-2-8-19-12/h2-3,8-11H,4-7H2,1H3,(H,17,18). The molecule has 2 heterocycles. The molecular weight excluding hydrogens is 288 g/mol. The second-order valence-electron chi connectivity index (χ2n) is 5.44. The van der Waals surface area contributed by atoms with Crippen LogP contribution in [0.25, 0.3) is 9.88 Å². The van der Waals surface area contributed by atoms with Crippen molar-refractivity contribution in [3.63, 3.8) is 0 Å². The molecule has 1 fully saturated rings. The lowest BCUT2D eigenvalue weighted by molar-refractivity contribution is 0.0927. The molecule has 1 N–H and O–H groups in total. The zero-order valence-electron chi connectivity index (χ0n) is 11.5. The maximum atomic E-state index is 12.2. The first kappa shape index (κ1) is 13.8. The molecule has 0 saturated heterocycles. The highest BCUT2D eigenvalue weighted by atomic mass is 32.1. The summed E-state index contributed by atoms with van der Waals surface area (Å²) in [6, 6.07) is 4.38. The van der Waals surface area contributed by atoms with Crippen LogP contribution in [0, 0.1) is 5.92 Å². The molecule has 3 nitrogen and oxygen atoms in total. The van der Waals surface area contributed by atoms with Crippen LogP contribution < -0.4 is 5.32 Å². The fourth-order valence-electron chi connectivity index (χ4n) is 2.55. The zero-order valence-corrected chi connectivity index (χ0v) is 13.1. The molecule has 0 unspecified atom stereocenters. The molecule has 1 saturated carbocycles. The number of nitrogens with zero attached hydrogens (tertiary/aromatic N) is 1. The van der Waals surface area contributed by atoms with Crippen molar-refractivity contribution < 1.29 is 4.79 Å². The second kappa shape index (κ2) is 6.06. The molecule has 20 heavy (non-hydrogen) atoms. The van der Waals surface area contributed by atoms with E-state index in [4.69, 9.17) is 0 Å². The van der Waals surface area contributed by atoms with Gasteiger partial charge in [-0.2, -0.15) is 0 Å². The highest BCUT2D eigenvalue weighted by molar-refractivity contribution is 7.21. The number of thiazole rings is 1. The highest BCUT2D eigenvalue weighted by Gasteiger charge is 2.21. The van der Waals surface area contributed by atoms with Gasteiger partial charge in [-0.05, 0) is 43.0 Å². The van der Waals surface area contributed by atoms with Gasteiger partial charge < -0.3 is 5.32 Å². The molecule has 0 aliphatic heterocycles. The Kier molecular flexibility index (Phi) is 4.17. The van der Waals surface area contributed by atoms with E-state index in [1.807, 2.05) is 17.5 Å². The maximum Gasteiger partial charge on any atom is 0.263 e. The summed E-state index contributed by atoms with van der Waals surface area (Å²) in [6.45, 7) is 2.29. The molecule has 0 radical (unpaired) electrons. The minimum atomic E-state index is 0.0323. The van der Waals surface area contributed by atoms with Crippen LogP contribution in [-0.2, 0) is 0 Å². The van der Waals surface area contributed by atoms with E-state index in [1.165, 1.54) is 24.2 Å². The van der Waals surface area contributed by atoms with Crippen molar-refractivity contribution in [2.24, 2.45) is 5.92 Å². The summed E-state index contributed by atoms with van der Waals surface area (Å²) in [5, 5.41) is 6.11. The third kappa shape index (κ3) is 3.10. The Labute approximate surface area is 127 Å². The van der Waals surface area contributed by atoms with Crippen LogP contribution in [0.2, 0.25) is 0 Å². The van der Waals surface area contributed by atoms with Crippen molar-refractivity contribution in [1.82, 2.24) is 10.3 Å². The molecule has 5 heteroatoms. The summed E-state index contributed by atoms with van der Waals surface area (Å²) in [5.41, 5.74) is 0. The Balaban J connectivity index is 1.63. The molecule has 0 spiro atoms. The van der Waals surface area contributed by atoms with E-state index in [1.54, 1.807) is 17.5 Å². The molecule has 0 atom stereocenters. The van der Waals surface area contributed by atoms with Crippen LogP contribution in [-0.4, -0.2) is 16.9 Å². The van der Waals surface area contributed by atoms with E-state index >= 15 is 0 Å². The SMILES string of the molecule is CC1CCC(NC(=O)c2cnc(-c3cccs3)s2)CC1. The Morgan fingerprint density at radius 2 is 2.15 bits per heavy atom. The minimum Gasteiger partial charge on any atom is -0.349 e. The van der Waals surface area contributed by atoms with E-state index in [2.05, 4.69) is 17.2 Å². The number of rotatable bonds is 3. The van der Waals surface area contributed by atoms with Crippen LogP contribution in [0.15, 0.2) is 23.7 Å². The summed E-state index contributed by atoms with van der Waals surface area (Å²) in [7, 11) is 0. The number of nitrogens with one attached hydrogen (secondary N) is 1. The number of aromatic nitrogens is 1. The maximum absolute atomic E-state index is 12.2. The largest absolute Gasteiger partial charge is 0.349 e. The number of amides is 1. The Hall–Kier alpha value is -1.20. The molecule has 1 amide bonds. The lowest BCUT2D eigenvalue weighted by Gasteiger charge is -2.26. The quantitative estimate of drug-likeness (QED) is 0.924. The number of hydrogen-bond donors (Lipinski definition) is 1. The molecule has 106 valence electrons. The first-order valence-electron chi connectivity index (χ1n) is 7.03. The monoisotopic (exact) mass is 306 g/mol. The van der Waals surface area contributed by atoms with Crippen molar-refractivity contribution in [3.05, 3.63) is 28.6 Å². The third-order valence-electron chi connectivity index (χ3n) is 3.81. The van der Waals surface area contributed by atoms with Crippen molar-refractivity contribution in [3.8, 4) is 9.88 Å². The fourth-order valence-corrected chi connectivity index (χ4v) is 4.18. The predicted molar refractivity (Wildman–Crippen MR) is 84.3 cm³/mol. The smallest absolute Gasteiger partial charge is 0.263 e. The molecule has 0 aromatic carbocycles. The summed E-state index contributed by atoms with van der Waals surface area (Å²) in [4.78, 5) is 18.4. The summed E-state index contributed by atoms with van der Waals surface area (Å²) in [5.74, 6) is 0.835. The predicted octanol–water partition coefficient (Wildman–Crippen LogP) is 4.18. The Morgan fingerprint density at radius 1 is 1.35 bits per heavy atom. The zero-order chi connectivity index (χ0) is 13.9. The van der Waals surface area contributed by atoms with Gasteiger partial charge in [-0.3, -0.25) is 4.79 Å². The summed E-state index contributed by atoms with van der Waals surface area (Å²) >= 11 is 3.13. The molecule has 3 rings (SSSR count). The Bertz CT molecular complexity index is 568. The Morgan fingerprint density at radius 3 is 2.85 bits per heavy atom. The van der Waals surface area contributed by atoms with Crippen LogP contribution in [0.1, 0.15) is 42.3 Å². The molecular formula is C15H18N2OS2. The molecule has 1 aliphatic rings. The van der Waals surface area contributed by atoms with Gasteiger partial charge in [0.15, 0.2) is 0 Å². The normalized spacial score (nSPS) is 22.6. The number of thiophene rings is 1. The topological polar surface area (TPSA) is 42.0 Å². The number of carbonyl (C=O) groups is 1. The van der Waals surface area contributed by atoms with Gasteiger partial charge in [0.1, 0.15) is 9.88 Å². The second-order valence-corrected chi connectivity index (χ2v) is 7.42. The van der Waals surface area contributed by atoms with Gasteiger partial charge in [0.2, 0.25) is 0 Å². The summed E-state index contributed by atoms with van der Waals surface area (Å²) < 4.78 is 0. The van der Waals surface area contributed by atoms with Gasteiger partial charge in [-0.1, -0.05) is 13.0 Å². The lowest BCUT2D eigenvalue weighted by atomic mass is 9.87. The lowest BCUT2D eigenvalue weighted by Crippen LogP contribution is -2.36. The van der Waals surface area contributed by atoms with Crippen molar-refractivity contribution >= 4 is 28.6 Å².